The summed E-state index contributed by atoms with van der Waals surface area (Å²) < 4.78 is 0. The van der Waals surface area contributed by atoms with Gasteiger partial charge in [0.1, 0.15) is 0 Å². The van der Waals surface area contributed by atoms with Gasteiger partial charge in [-0.3, -0.25) is 10.6 Å². The summed E-state index contributed by atoms with van der Waals surface area (Å²) in [5, 5.41) is 6.59. The van der Waals surface area contributed by atoms with Crippen molar-refractivity contribution < 1.29 is 0 Å². The van der Waals surface area contributed by atoms with Crippen LogP contribution in [0.4, 0.5) is 0 Å². The Morgan fingerprint density at radius 1 is 0.889 bits per heavy atom. The molecule has 102 valence electrons. The third-order valence-corrected chi connectivity index (χ3v) is 2.89. The Hall–Kier alpha value is -0.940. The highest BCUT2D eigenvalue weighted by Crippen LogP contribution is 2.18. The summed E-state index contributed by atoms with van der Waals surface area (Å²) in [5.74, 6) is 0. The number of hydrogen-bond acceptors (Lipinski definition) is 4. The van der Waals surface area contributed by atoms with Crippen molar-refractivity contribution in [3.8, 4) is 0 Å². The molecule has 4 nitrogen and oxygen atoms in total. The number of nitrogens with one attached hydrogen (secondary N) is 2. The van der Waals surface area contributed by atoms with Crippen molar-refractivity contribution in [2.75, 3.05) is 13.1 Å². The van der Waals surface area contributed by atoms with Crippen LogP contribution in [-0.4, -0.2) is 13.1 Å². The van der Waals surface area contributed by atoms with Gasteiger partial charge in [-0.2, -0.15) is 0 Å². The lowest BCUT2D eigenvalue weighted by molar-refractivity contribution is 0.513. The molecule has 18 heavy (non-hydrogen) atoms. The Bertz CT molecular complexity index is 307. The Labute approximate surface area is 110 Å². The average molecular weight is 250 g/mol. The molecule has 0 bridgehead atoms. The third kappa shape index (κ3) is 4.38. The van der Waals surface area contributed by atoms with Gasteiger partial charge in [-0.1, -0.05) is 38.1 Å². The van der Waals surface area contributed by atoms with Gasteiger partial charge in [0.15, 0.2) is 0 Å². The summed E-state index contributed by atoms with van der Waals surface area (Å²) in [6, 6.07) is 8.07. The van der Waals surface area contributed by atoms with Crippen molar-refractivity contribution in [1.29, 1.82) is 0 Å². The van der Waals surface area contributed by atoms with Crippen molar-refractivity contribution in [3.05, 3.63) is 35.4 Å². The SMILES string of the molecule is CCCNC(N)c1ccccc1C(N)NCCC. The molecular weight excluding hydrogens is 224 g/mol. The molecule has 4 heteroatoms. The Balaban J connectivity index is 2.77. The summed E-state index contributed by atoms with van der Waals surface area (Å²) in [6.45, 7) is 6.07. The topological polar surface area (TPSA) is 76.1 Å². The molecular formula is C14H26N4. The minimum atomic E-state index is -0.157. The van der Waals surface area contributed by atoms with Crippen LogP contribution in [0.1, 0.15) is 50.1 Å². The van der Waals surface area contributed by atoms with Crippen LogP contribution in [0.2, 0.25) is 0 Å². The minimum absolute atomic E-state index is 0.157. The van der Waals surface area contributed by atoms with Crippen LogP contribution in [0.3, 0.4) is 0 Å². The van der Waals surface area contributed by atoms with Crippen LogP contribution < -0.4 is 22.1 Å². The van der Waals surface area contributed by atoms with E-state index in [-0.39, 0.29) is 12.3 Å². The smallest absolute Gasteiger partial charge is 0.0813 e. The Morgan fingerprint density at radius 2 is 1.28 bits per heavy atom. The van der Waals surface area contributed by atoms with Crippen LogP contribution >= 0.6 is 0 Å². The van der Waals surface area contributed by atoms with Crippen molar-refractivity contribution in [2.45, 2.75) is 39.0 Å². The molecule has 2 atom stereocenters. The second-order valence-corrected chi connectivity index (χ2v) is 4.49. The highest BCUT2D eigenvalue weighted by Gasteiger charge is 2.14. The van der Waals surface area contributed by atoms with Gasteiger partial charge in [0.05, 0.1) is 12.3 Å². The molecule has 0 radical (unpaired) electrons. The predicted molar refractivity (Wildman–Crippen MR) is 76.9 cm³/mol. The molecule has 0 spiro atoms. The lowest BCUT2D eigenvalue weighted by Gasteiger charge is -2.22. The monoisotopic (exact) mass is 250 g/mol. The second kappa shape index (κ2) is 8.21. The molecule has 0 amide bonds. The van der Waals surface area contributed by atoms with E-state index < -0.39 is 0 Å². The highest BCUT2D eigenvalue weighted by molar-refractivity contribution is 5.31. The Kier molecular flexibility index (Phi) is 6.90. The summed E-state index contributed by atoms with van der Waals surface area (Å²) in [6.07, 6.45) is 1.82. The van der Waals surface area contributed by atoms with Crippen molar-refractivity contribution in [1.82, 2.24) is 10.6 Å². The molecule has 2 unspecified atom stereocenters. The van der Waals surface area contributed by atoms with Crippen LogP contribution in [0.25, 0.3) is 0 Å². The number of benzene rings is 1. The molecule has 0 heterocycles. The predicted octanol–water partition coefficient (Wildman–Crippen LogP) is 1.60. The van der Waals surface area contributed by atoms with E-state index in [2.05, 4.69) is 24.5 Å². The van der Waals surface area contributed by atoms with Gasteiger partial charge in [-0.05, 0) is 37.1 Å². The quantitative estimate of drug-likeness (QED) is 0.529. The van der Waals surface area contributed by atoms with E-state index in [9.17, 15) is 0 Å². The van der Waals surface area contributed by atoms with E-state index >= 15 is 0 Å². The van der Waals surface area contributed by atoms with E-state index in [4.69, 9.17) is 11.5 Å². The number of hydrogen-bond donors (Lipinski definition) is 4. The molecule has 0 aliphatic carbocycles. The maximum absolute atomic E-state index is 6.15. The zero-order valence-electron chi connectivity index (χ0n) is 11.4. The maximum atomic E-state index is 6.15. The molecule has 0 aliphatic rings. The summed E-state index contributed by atoms with van der Waals surface area (Å²) in [7, 11) is 0. The van der Waals surface area contributed by atoms with Gasteiger partial charge >= 0.3 is 0 Å². The first-order valence-corrected chi connectivity index (χ1v) is 6.77. The summed E-state index contributed by atoms with van der Waals surface area (Å²) >= 11 is 0. The van der Waals surface area contributed by atoms with Gasteiger partial charge in [0.2, 0.25) is 0 Å². The molecule has 6 N–H and O–H groups in total. The molecule has 1 aromatic carbocycles. The highest BCUT2D eigenvalue weighted by atomic mass is 15.0. The average Bonchev–Trinajstić information content (AvgIpc) is 2.42. The van der Waals surface area contributed by atoms with Crippen LogP contribution in [0.15, 0.2) is 24.3 Å². The first kappa shape index (κ1) is 15.1. The Morgan fingerprint density at radius 3 is 1.61 bits per heavy atom. The maximum Gasteiger partial charge on any atom is 0.0813 e. The standard InChI is InChI=1S/C14H26N4/c1-3-9-17-13(15)11-7-5-6-8-12(11)14(16)18-10-4-2/h5-8,13-14,17-18H,3-4,9-10,15-16H2,1-2H3. The van der Waals surface area contributed by atoms with Crippen LogP contribution in [-0.2, 0) is 0 Å². The van der Waals surface area contributed by atoms with E-state index in [1.807, 2.05) is 24.3 Å². The van der Waals surface area contributed by atoms with Gasteiger partial charge in [0, 0.05) is 0 Å². The lowest BCUT2D eigenvalue weighted by Crippen LogP contribution is -2.34. The van der Waals surface area contributed by atoms with Crippen molar-refractivity contribution in [2.24, 2.45) is 11.5 Å². The molecule has 0 fully saturated rings. The normalized spacial score (nSPS) is 14.4. The molecule has 1 rings (SSSR count). The zero-order valence-corrected chi connectivity index (χ0v) is 11.4. The number of rotatable bonds is 8. The fourth-order valence-electron chi connectivity index (χ4n) is 1.90. The molecule has 0 saturated carbocycles. The first-order valence-electron chi connectivity index (χ1n) is 6.77. The van der Waals surface area contributed by atoms with E-state index in [0.717, 1.165) is 37.1 Å². The van der Waals surface area contributed by atoms with Crippen LogP contribution in [0.5, 0.6) is 0 Å². The van der Waals surface area contributed by atoms with E-state index in [1.165, 1.54) is 0 Å². The van der Waals surface area contributed by atoms with Gasteiger partial charge in [0.25, 0.3) is 0 Å². The molecule has 0 aliphatic heterocycles. The fraction of sp³-hybridized carbons (Fsp3) is 0.571. The summed E-state index contributed by atoms with van der Waals surface area (Å²) in [5.41, 5.74) is 14.5. The van der Waals surface area contributed by atoms with Gasteiger partial charge in [-0.15, -0.1) is 0 Å². The van der Waals surface area contributed by atoms with Crippen molar-refractivity contribution in [3.63, 3.8) is 0 Å². The van der Waals surface area contributed by atoms with Crippen LogP contribution in [0, 0.1) is 0 Å². The minimum Gasteiger partial charge on any atom is -0.312 e. The molecule has 1 aromatic rings. The molecule has 0 saturated heterocycles. The lowest BCUT2D eigenvalue weighted by atomic mass is 10.0. The number of nitrogens with two attached hydrogens (primary N) is 2. The van der Waals surface area contributed by atoms with Crippen molar-refractivity contribution >= 4 is 0 Å². The van der Waals surface area contributed by atoms with Gasteiger partial charge < -0.3 is 11.5 Å². The van der Waals surface area contributed by atoms with E-state index in [1.54, 1.807) is 0 Å². The largest absolute Gasteiger partial charge is 0.312 e. The van der Waals surface area contributed by atoms with Gasteiger partial charge in [-0.25, -0.2) is 0 Å². The summed E-state index contributed by atoms with van der Waals surface area (Å²) in [4.78, 5) is 0. The third-order valence-electron chi connectivity index (χ3n) is 2.89. The second-order valence-electron chi connectivity index (χ2n) is 4.49. The van der Waals surface area contributed by atoms with E-state index in [0.29, 0.717) is 0 Å². The first-order chi connectivity index (χ1) is 8.70. The zero-order chi connectivity index (χ0) is 13.4. The fourth-order valence-corrected chi connectivity index (χ4v) is 1.90. The molecule has 0 aromatic heterocycles.